The highest BCUT2D eigenvalue weighted by atomic mass is 32.2. The van der Waals surface area contributed by atoms with Gasteiger partial charge >= 0.3 is 5.97 Å². The highest BCUT2D eigenvalue weighted by Gasteiger charge is 2.16. The number of amides is 1. The second-order valence-electron chi connectivity index (χ2n) is 5.82. The zero-order valence-electron chi connectivity index (χ0n) is 14.6. The Labute approximate surface area is 160 Å². The summed E-state index contributed by atoms with van der Waals surface area (Å²) in [5, 5.41) is 1.00. The van der Waals surface area contributed by atoms with Gasteiger partial charge in [0, 0.05) is 23.2 Å². The van der Waals surface area contributed by atoms with Crippen LogP contribution in [0.4, 0.5) is 0 Å². The summed E-state index contributed by atoms with van der Waals surface area (Å²) in [5.74, 6) is -0.689. The van der Waals surface area contributed by atoms with Crippen molar-refractivity contribution in [2.75, 3.05) is 19.9 Å². The number of carbonyl (C=O) groups is 2. The van der Waals surface area contributed by atoms with E-state index in [9.17, 15) is 9.59 Å². The summed E-state index contributed by atoms with van der Waals surface area (Å²) in [7, 11) is 1.71. The predicted octanol–water partition coefficient (Wildman–Crippen LogP) is 4.44. The molecule has 0 saturated carbocycles. The molecule has 0 spiro atoms. The van der Waals surface area contributed by atoms with Gasteiger partial charge in [-0.2, -0.15) is 0 Å². The summed E-state index contributed by atoms with van der Waals surface area (Å²) in [4.78, 5) is 27.7. The van der Waals surface area contributed by atoms with Gasteiger partial charge in [-0.05, 0) is 41.5 Å². The van der Waals surface area contributed by atoms with Gasteiger partial charge in [0.15, 0.2) is 6.61 Å². The Morgan fingerprint density at radius 2 is 1.85 bits per heavy atom. The number of hydrogen-bond acceptors (Lipinski definition) is 5. The molecule has 3 rings (SSSR count). The molecule has 134 valence electrons. The first-order chi connectivity index (χ1) is 12.6. The molecule has 0 radical (unpaired) electrons. The zero-order valence-corrected chi connectivity index (χ0v) is 16.2. The van der Waals surface area contributed by atoms with Crippen LogP contribution in [0.25, 0.3) is 10.1 Å². The van der Waals surface area contributed by atoms with Crippen molar-refractivity contribution in [2.24, 2.45) is 0 Å². The van der Waals surface area contributed by atoms with Crippen molar-refractivity contribution in [3.8, 4) is 0 Å². The summed E-state index contributed by atoms with van der Waals surface area (Å²) in [6, 6.07) is 17.6. The molecule has 0 bridgehead atoms. The fraction of sp³-hybridized carbons (Fsp3) is 0.200. The fourth-order valence-corrected chi connectivity index (χ4v) is 3.85. The van der Waals surface area contributed by atoms with Crippen molar-refractivity contribution in [1.29, 1.82) is 0 Å². The van der Waals surface area contributed by atoms with Crippen molar-refractivity contribution in [1.82, 2.24) is 4.90 Å². The highest BCUT2D eigenvalue weighted by molar-refractivity contribution is 7.98. The van der Waals surface area contributed by atoms with Crippen LogP contribution in [-0.2, 0) is 16.1 Å². The van der Waals surface area contributed by atoms with Crippen LogP contribution in [0.3, 0.4) is 0 Å². The van der Waals surface area contributed by atoms with Crippen LogP contribution in [0.2, 0.25) is 0 Å². The molecule has 0 saturated heterocycles. The zero-order chi connectivity index (χ0) is 18.5. The van der Waals surface area contributed by atoms with Crippen LogP contribution < -0.4 is 0 Å². The SMILES string of the molecule is CSc1ccc(CN(C)C(=O)COC(=O)c2cc3ccccc3s2)cc1. The largest absolute Gasteiger partial charge is 0.451 e. The molecule has 0 fully saturated rings. The molecular weight excluding hydrogens is 366 g/mol. The lowest BCUT2D eigenvalue weighted by atomic mass is 10.2. The standard InChI is InChI=1S/C20H19NO3S2/c1-21(12-14-7-9-16(25-2)10-8-14)19(22)13-24-20(23)18-11-15-5-3-4-6-17(15)26-18/h3-11H,12-13H2,1-2H3. The van der Waals surface area contributed by atoms with E-state index < -0.39 is 5.97 Å². The van der Waals surface area contributed by atoms with E-state index in [1.807, 2.05) is 54.8 Å². The first kappa shape index (κ1) is 18.5. The molecule has 1 heterocycles. The quantitative estimate of drug-likeness (QED) is 0.465. The normalized spacial score (nSPS) is 10.7. The molecule has 0 unspecified atom stereocenters. The Balaban J connectivity index is 1.54. The van der Waals surface area contributed by atoms with Crippen molar-refractivity contribution < 1.29 is 14.3 Å². The number of thiophene rings is 1. The molecule has 3 aromatic rings. The third kappa shape index (κ3) is 4.45. The molecule has 26 heavy (non-hydrogen) atoms. The minimum atomic E-state index is -0.461. The van der Waals surface area contributed by atoms with Gasteiger partial charge in [0.05, 0.1) is 0 Å². The second-order valence-corrected chi connectivity index (χ2v) is 7.79. The molecule has 0 aliphatic heterocycles. The Morgan fingerprint density at radius 3 is 2.54 bits per heavy atom. The number of fused-ring (bicyclic) bond motifs is 1. The Kier molecular flexibility index (Phi) is 5.96. The van der Waals surface area contributed by atoms with Gasteiger partial charge in [-0.15, -0.1) is 23.1 Å². The molecule has 6 heteroatoms. The Bertz CT molecular complexity index is 885. The number of likely N-dealkylation sites (N-methyl/N-ethyl adjacent to an activating group) is 1. The number of carbonyl (C=O) groups excluding carboxylic acids is 2. The van der Waals surface area contributed by atoms with Crippen molar-refractivity contribution in [3.63, 3.8) is 0 Å². The summed E-state index contributed by atoms with van der Waals surface area (Å²) >= 11 is 3.05. The lowest BCUT2D eigenvalue weighted by molar-refractivity contribution is -0.133. The lowest BCUT2D eigenvalue weighted by Crippen LogP contribution is -2.30. The number of ether oxygens (including phenoxy) is 1. The average molecular weight is 386 g/mol. The number of rotatable bonds is 6. The second kappa shape index (κ2) is 8.38. The molecule has 0 aliphatic carbocycles. The number of hydrogen-bond donors (Lipinski definition) is 0. The van der Waals surface area contributed by atoms with Gasteiger partial charge in [0.25, 0.3) is 5.91 Å². The topological polar surface area (TPSA) is 46.6 Å². The maximum atomic E-state index is 12.2. The molecule has 0 atom stereocenters. The summed E-state index contributed by atoms with van der Waals surface area (Å²) in [5.41, 5.74) is 1.04. The van der Waals surface area contributed by atoms with Gasteiger partial charge in [-0.3, -0.25) is 4.79 Å². The van der Waals surface area contributed by atoms with Gasteiger partial charge in [-0.25, -0.2) is 4.79 Å². The first-order valence-electron chi connectivity index (χ1n) is 8.09. The van der Waals surface area contributed by atoms with E-state index >= 15 is 0 Å². The molecule has 0 N–H and O–H groups in total. The van der Waals surface area contributed by atoms with E-state index in [4.69, 9.17) is 4.74 Å². The van der Waals surface area contributed by atoms with Crippen LogP contribution in [0.1, 0.15) is 15.2 Å². The maximum absolute atomic E-state index is 12.2. The summed E-state index contributed by atoms with van der Waals surface area (Å²) < 4.78 is 6.22. The number of esters is 1. The Hall–Kier alpha value is -2.31. The van der Waals surface area contributed by atoms with Gasteiger partial charge < -0.3 is 9.64 Å². The van der Waals surface area contributed by atoms with Crippen LogP contribution >= 0.6 is 23.1 Å². The van der Waals surface area contributed by atoms with Crippen molar-refractivity contribution in [3.05, 3.63) is 65.0 Å². The third-order valence-electron chi connectivity index (χ3n) is 3.96. The van der Waals surface area contributed by atoms with Crippen LogP contribution in [0.5, 0.6) is 0 Å². The minimum Gasteiger partial charge on any atom is -0.451 e. The molecule has 1 aromatic heterocycles. The number of thioether (sulfide) groups is 1. The van der Waals surface area contributed by atoms with E-state index in [0.717, 1.165) is 15.6 Å². The van der Waals surface area contributed by atoms with E-state index in [0.29, 0.717) is 11.4 Å². The summed E-state index contributed by atoms with van der Waals surface area (Å²) in [6.45, 7) is 0.223. The average Bonchev–Trinajstić information content (AvgIpc) is 3.10. The fourth-order valence-electron chi connectivity index (χ4n) is 2.48. The van der Waals surface area contributed by atoms with Crippen LogP contribution in [0.15, 0.2) is 59.5 Å². The van der Waals surface area contributed by atoms with E-state index in [-0.39, 0.29) is 12.5 Å². The first-order valence-corrected chi connectivity index (χ1v) is 10.1. The van der Waals surface area contributed by atoms with Crippen molar-refractivity contribution in [2.45, 2.75) is 11.4 Å². The molecule has 1 amide bonds. The van der Waals surface area contributed by atoms with Crippen LogP contribution in [0, 0.1) is 0 Å². The highest BCUT2D eigenvalue weighted by Crippen LogP contribution is 2.25. The predicted molar refractivity (Wildman–Crippen MR) is 107 cm³/mol. The molecular formula is C20H19NO3S2. The minimum absolute atomic E-state index is 0.228. The molecule has 4 nitrogen and oxygen atoms in total. The van der Waals surface area contributed by atoms with Gasteiger partial charge in [0.2, 0.25) is 0 Å². The number of benzene rings is 2. The number of nitrogens with zero attached hydrogens (tertiary/aromatic N) is 1. The van der Waals surface area contributed by atoms with E-state index in [1.54, 1.807) is 29.8 Å². The van der Waals surface area contributed by atoms with Crippen LogP contribution in [-0.4, -0.2) is 36.7 Å². The van der Waals surface area contributed by atoms with E-state index in [1.165, 1.54) is 16.2 Å². The Morgan fingerprint density at radius 1 is 1.12 bits per heavy atom. The van der Waals surface area contributed by atoms with Gasteiger partial charge in [0.1, 0.15) is 4.88 Å². The van der Waals surface area contributed by atoms with Crippen molar-refractivity contribution >= 4 is 45.1 Å². The smallest absolute Gasteiger partial charge is 0.348 e. The lowest BCUT2D eigenvalue weighted by Gasteiger charge is -2.17. The molecule has 0 aliphatic rings. The monoisotopic (exact) mass is 385 g/mol. The van der Waals surface area contributed by atoms with E-state index in [2.05, 4.69) is 0 Å². The summed E-state index contributed by atoms with van der Waals surface area (Å²) in [6.07, 6.45) is 2.02. The third-order valence-corrected chi connectivity index (χ3v) is 5.80. The molecule has 2 aromatic carbocycles. The maximum Gasteiger partial charge on any atom is 0.348 e. The van der Waals surface area contributed by atoms with Gasteiger partial charge in [-0.1, -0.05) is 30.3 Å².